The zero-order valence-corrected chi connectivity index (χ0v) is 28.6. The summed E-state index contributed by atoms with van der Waals surface area (Å²) in [7, 11) is 0. The molecule has 7 rings (SSSR count). The van der Waals surface area contributed by atoms with Gasteiger partial charge in [0.1, 0.15) is 0 Å². The Balaban J connectivity index is 0.000000249. The van der Waals surface area contributed by atoms with Crippen molar-refractivity contribution in [3.63, 3.8) is 0 Å². The van der Waals surface area contributed by atoms with Gasteiger partial charge in [-0.2, -0.15) is 0 Å². The molecule has 227 valence electrons. The molecule has 4 heteroatoms. The van der Waals surface area contributed by atoms with E-state index in [2.05, 4.69) is 62.4 Å². The molecule has 3 nitrogen and oxygen atoms in total. The zero-order valence-electron chi connectivity index (χ0n) is 26.2. The predicted molar refractivity (Wildman–Crippen MR) is 170 cm³/mol. The summed E-state index contributed by atoms with van der Waals surface area (Å²) in [4.78, 5) is 16.3. The van der Waals surface area contributed by atoms with E-state index in [4.69, 9.17) is 4.98 Å². The van der Waals surface area contributed by atoms with Gasteiger partial charge in [0.15, 0.2) is 5.78 Å². The number of para-hydroxylation sites is 1. The second-order valence-electron chi connectivity index (χ2n) is 14.1. The van der Waals surface area contributed by atoms with E-state index in [-0.39, 0.29) is 31.6 Å². The Bertz CT molecular complexity index is 1370. The quantitative estimate of drug-likeness (QED) is 0.149. The summed E-state index contributed by atoms with van der Waals surface area (Å²) in [5, 5.41) is 10.7. The Morgan fingerprint density at radius 1 is 0.929 bits per heavy atom. The van der Waals surface area contributed by atoms with Gasteiger partial charge in [0.25, 0.3) is 0 Å². The van der Waals surface area contributed by atoms with Crippen molar-refractivity contribution >= 4 is 16.7 Å². The molecule has 4 aliphatic carbocycles. The minimum absolute atomic E-state index is 0. The molecule has 4 bridgehead atoms. The van der Waals surface area contributed by atoms with Gasteiger partial charge in [-0.3, -0.25) is 9.78 Å². The first-order valence-corrected chi connectivity index (χ1v) is 15.9. The van der Waals surface area contributed by atoms with E-state index < -0.39 is 0 Å². The van der Waals surface area contributed by atoms with E-state index in [9.17, 15) is 9.90 Å². The first-order chi connectivity index (χ1) is 19.5. The fourth-order valence-corrected chi connectivity index (χ4v) is 8.21. The molecule has 0 unspecified atom stereocenters. The fourth-order valence-electron chi connectivity index (χ4n) is 8.21. The van der Waals surface area contributed by atoms with Crippen molar-refractivity contribution in [2.24, 2.45) is 35.5 Å². The number of hydrogen-bond donors (Lipinski definition) is 1. The Labute approximate surface area is 267 Å². The van der Waals surface area contributed by atoms with Gasteiger partial charge in [0, 0.05) is 44.4 Å². The maximum Gasteiger partial charge on any atom is 0.159 e. The third-order valence-corrected chi connectivity index (χ3v) is 9.31. The first-order valence-electron chi connectivity index (χ1n) is 15.9. The number of aromatic nitrogens is 1. The number of carbonyl (C=O) groups excluding carboxylic acids is 1. The Kier molecular flexibility index (Phi) is 10.9. The summed E-state index contributed by atoms with van der Waals surface area (Å²) in [6.07, 6.45) is 9.81. The molecule has 1 N–H and O–H groups in total. The monoisotopic (exact) mass is 743 g/mol. The summed E-state index contributed by atoms with van der Waals surface area (Å²) in [5.74, 6) is 5.51. The first kappa shape index (κ1) is 32.6. The van der Waals surface area contributed by atoms with E-state index in [1.807, 2.05) is 27.7 Å². The third-order valence-electron chi connectivity index (χ3n) is 9.31. The van der Waals surface area contributed by atoms with Crippen LogP contribution in [-0.4, -0.2) is 15.9 Å². The van der Waals surface area contributed by atoms with Crippen molar-refractivity contribution < 1.29 is 30.0 Å². The average molecular weight is 743 g/mol. The van der Waals surface area contributed by atoms with E-state index in [0.29, 0.717) is 24.7 Å². The zero-order chi connectivity index (χ0) is 29.3. The number of ketones is 1. The number of fused-ring (bicyclic) bond motifs is 1. The Morgan fingerprint density at radius 2 is 1.55 bits per heavy atom. The van der Waals surface area contributed by atoms with Crippen LogP contribution in [0.4, 0.5) is 0 Å². The van der Waals surface area contributed by atoms with Crippen molar-refractivity contribution in [3.8, 4) is 11.3 Å². The summed E-state index contributed by atoms with van der Waals surface area (Å²) in [5.41, 5.74) is 7.46. The summed E-state index contributed by atoms with van der Waals surface area (Å²) >= 11 is 0. The van der Waals surface area contributed by atoms with Crippen molar-refractivity contribution in [1.82, 2.24) is 4.98 Å². The molecular formula is C38H48IrNO2-. The molecule has 4 aliphatic rings. The fraction of sp³-hybridized carbons (Fsp3) is 0.526. The average Bonchev–Trinajstić information content (AvgIpc) is 2.86. The van der Waals surface area contributed by atoms with Gasteiger partial charge in [0.2, 0.25) is 0 Å². The molecule has 0 aliphatic heterocycles. The molecule has 42 heavy (non-hydrogen) atoms. The third kappa shape index (κ3) is 7.80. The van der Waals surface area contributed by atoms with Crippen LogP contribution in [0.15, 0.2) is 54.3 Å². The maximum absolute atomic E-state index is 11.2. The minimum atomic E-state index is 0. The molecular weight excluding hydrogens is 695 g/mol. The number of nitrogens with zero attached hydrogens (tertiary/aromatic N) is 1. The van der Waals surface area contributed by atoms with Crippen LogP contribution in [0.3, 0.4) is 0 Å². The SMILES string of the molecule is CC(C)CC(=O)/C=C(\O)CC(C)C.Cc1[c-]c(-c2cc(C3C4CC5CC(C4)CC3C5)c3ccccc3n2)cc(C)c1.[Ir]. The van der Waals surface area contributed by atoms with Gasteiger partial charge in [-0.25, -0.2) is 0 Å². The maximum atomic E-state index is 11.2. The van der Waals surface area contributed by atoms with Crippen LogP contribution in [0, 0.1) is 55.4 Å². The van der Waals surface area contributed by atoms with Crippen LogP contribution in [0.2, 0.25) is 0 Å². The largest absolute Gasteiger partial charge is 0.512 e. The van der Waals surface area contributed by atoms with Crippen molar-refractivity contribution in [2.45, 2.75) is 92.4 Å². The van der Waals surface area contributed by atoms with Gasteiger partial charge < -0.3 is 5.11 Å². The van der Waals surface area contributed by atoms with Crippen LogP contribution in [0.1, 0.15) is 95.2 Å². The summed E-state index contributed by atoms with van der Waals surface area (Å²) < 4.78 is 0. The van der Waals surface area contributed by atoms with Crippen LogP contribution in [-0.2, 0) is 24.9 Å². The molecule has 0 atom stereocenters. The van der Waals surface area contributed by atoms with Crippen LogP contribution >= 0.6 is 0 Å². The second kappa shape index (κ2) is 14.0. The number of pyridine rings is 1. The number of allylic oxidation sites excluding steroid dienone is 2. The van der Waals surface area contributed by atoms with Crippen molar-refractivity contribution in [3.05, 3.63) is 77.1 Å². The van der Waals surface area contributed by atoms with E-state index >= 15 is 0 Å². The standard InChI is InChI=1S/C27H28N.C11H20O2.Ir/c1-16-7-17(2)9-20(8-16)26-15-24(23-5-3-4-6-25(23)28-26)27-21-11-18-10-19(13-21)14-22(27)12-18;1-8(2)5-10(12)7-11(13)6-9(3)4;/h3-8,15,18-19,21-22,27H,10-14H2,1-2H3;7-9,12H,5-6H2,1-4H3;/q-1;;/b;10-7-;. The Hall–Kier alpha value is -2.29. The minimum Gasteiger partial charge on any atom is -0.512 e. The molecule has 0 spiro atoms. The second-order valence-corrected chi connectivity index (χ2v) is 14.1. The van der Waals surface area contributed by atoms with Crippen molar-refractivity contribution in [2.75, 3.05) is 0 Å². The van der Waals surface area contributed by atoms with Crippen LogP contribution < -0.4 is 0 Å². The molecule has 2 aromatic carbocycles. The normalized spacial score (nSPS) is 24.5. The van der Waals surface area contributed by atoms with E-state index in [1.165, 1.54) is 54.7 Å². The molecule has 4 saturated carbocycles. The van der Waals surface area contributed by atoms with Gasteiger partial charge in [0.05, 0.1) is 11.3 Å². The number of carbonyl (C=O) groups is 1. The molecule has 0 saturated heterocycles. The number of aliphatic hydroxyl groups is 1. The van der Waals surface area contributed by atoms with Gasteiger partial charge in [-0.05, 0) is 90.9 Å². The molecule has 4 fully saturated rings. The number of rotatable bonds is 7. The predicted octanol–water partition coefficient (Wildman–Crippen LogP) is 9.95. The summed E-state index contributed by atoms with van der Waals surface area (Å²) in [6.45, 7) is 12.3. The number of benzene rings is 2. The van der Waals surface area contributed by atoms with E-state index in [0.717, 1.165) is 46.4 Å². The smallest absolute Gasteiger partial charge is 0.159 e. The molecule has 1 aromatic heterocycles. The Morgan fingerprint density at radius 3 is 2.14 bits per heavy atom. The van der Waals surface area contributed by atoms with Crippen LogP contribution in [0.25, 0.3) is 22.2 Å². The molecule has 0 amide bonds. The van der Waals surface area contributed by atoms with Gasteiger partial charge >= 0.3 is 0 Å². The summed E-state index contributed by atoms with van der Waals surface area (Å²) in [6, 6.07) is 19.2. The van der Waals surface area contributed by atoms with Gasteiger partial charge in [-0.15, -0.1) is 34.9 Å². The van der Waals surface area contributed by atoms with Crippen molar-refractivity contribution in [1.29, 1.82) is 0 Å². The topological polar surface area (TPSA) is 50.2 Å². The number of aryl methyl sites for hydroxylation is 2. The number of hydrogen-bond acceptors (Lipinski definition) is 3. The number of aliphatic hydroxyl groups excluding tert-OH is 1. The molecule has 3 aromatic rings. The van der Waals surface area contributed by atoms with E-state index in [1.54, 1.807) is 5.56 Å². The molecule has 1 heterocycles. The van der Waals surface area contributed by atoms with Gasteiger partial charge in [-0.1, -0.05) is 65.8 Å². The van der Waals surface area contributed by atoms with Crippen LogP contribution in [0.5, 0.6) is 0 Å². The molecule has 1 radical (unpaired) electrons.